The van der Waals surface area contributed by atoms with Gasteiger partial charge in [0.25, 0.3) is 10.0 Å². The Morgan fingerprint density at radius 2 is 1.71 bits per heavy atom. The van der Waals surface area contributed by atoms with E-state index in [4.69, 9.17) is 23.2 Å². The van der Waals surface area contributed by atoms with Crippen LogP contribution >= 0.6 is 39.1 Å². The number of aliphatic hydroxyl groups is 1. The van der Waals surface area contributed by atoms with Gasteiger partial charge in [0.1, 0.15) is 0 Å². The standard InChI is InChI=1S/C25H26BrCl2N5O4S/c1-16(34)30-7-9-31(10-8-30)38(36,37)22-15-29-24-32(21-12-19(27)11-20(28)13-21)23(35)25(2,33(22)24)14-17-3-5-18(26)6-4-17/h3-6,11-13,15,23,35H,7-10,14H2,1-2H3/t23?,25-/m1/s1. The Hall–Kier alpha value is -2.15. The van der Waals surface area contributed by atoms with Crippen molar-refractivity contribution in [1.82, 2.24) is 18.8 Å². The number of hydrogen-bond acceptors (Lipinski definition) is 6. The van der Waals surface area contributed by atoms with Gasteiger partial charge in [0.2, 0.25) is 11.9 Å². The van der Waals surface area contributed by atoms with Crippen LogP contribution in [0.3, 0.4) is 0 Å². The monoisotopic (exact) mass is 641 g/mol. The Balaban J connectivity index is 1.62. The molecule has 1 aromatic heterocycles. The molecule has 1 N–H and O–H groups in total. The number of amides is 1. The molecule has 2 aliphatic heterocycles. The molecule has 0 aliphatic carbocycles. The third-order valence-corrected chi connectivity index (χ3v) is 9.95. The van der Waals surface area contributed by atoms with Crippen molar-refractivity contribution in [2.45, 2.75) is 37.1 Å². The molecule has 9 nitrogen and oxygen atoms in total. The van der Waals surface area contributed by atoms with Gasteiger partial charge in [-0.25, -0.2) is 13.4 Å². The molecule has 38 heavy (non-hydrogen) atoms. The van der Waals surface area contributed by atoms with E-state index in [9.17, 15) is 18.3 Å². The summed E-state index contributed by atoms with van der Waals surface area (Å²) in [7, 11) is -4.01. The molecule has 0 bridgehead atoms. The van der Waals surface area contributed by atoms with Crippen molar-refractivity contribution in [1.29, 1.82) is 0 Å². The number of imidazole rings is 1. The molecule has 3 heterocycles. The second kappa shape index (κ2) is 10.1. The van der Waals surface area contributed by atoms with Crippen LogP contribution in [0.25, 0.3) is 0 Å². The van der Waals surface area contributed by atoms with Gasteiger partial charge in [-0.3, -0.25) is 14.3 Å². The first kappa shape index (κ1) is 27.4. The van der Waals surface area contributed by atoms with E-state index in [2.05, 4.69) is 20.9 Å². The van der Waals surface area contributed by atoms with Crippen LogP contribution < -0.4 is 4.90 Å². The van der Waals surface area contributed by atoms with E-state index in [0.29, 0.717) is 35.2 Å². The summed E-state index contributed by atoms with van der Waals surface area (Å²) in [4.78, 5) is 19.4. The summed E-state index contributed by atoms with van der Waals surface area (Å²) in [5, 5.41) is 12.5. The van der Waals surface area contributed by atoms with E-state index in [1.165, 1.54) is 17.4 Å². The molecule has 5 rings (SSSR count). The first-order valence-corrected chi connectivity index (χ1v) is 14.9. The number of aromatic nitrogens is 2. The zero-order valence-corrected chi connectivity index (χ0v) is 24.6. The SMILES string of the molecule is CC(=O)N1CCN(S(=O)(=O)c2cnc3n2[C@](C)(Cc2ccc(Br)cc2)C(O)N3c2cc(Cl)cc(Cl)c2)CC1. The Kier molecular flexibility index (Phi) is 7.29. The van der Waals surface area contributed by atoms with Crippen molar-refractivity contribution in [3.63, 3.8) is 0 Å². The molecular weight excluding hydrogens is 617 g/mol. The van der Waals surface area contributed by atoms with Crippen LogP contribution in [0.4, 0.5) is 11.6 Å². The average molecular weight is 643 g/mol. The number of sulfonamides is 1. The van der Waals surface area contributed by atoms with Gasteiger partial charge in [0, 0.05) is 59.7 Å². The van der Waals surface area contributed by atoms with Gasteiger partial charge in [-0.2, -0.15) is 4.31 Å². The summed E-state index contributed by atoms with van der Waals surface area (Å²) >= 11 is 16.0. The molecule has 1 fully saturated rings. The summed E-state index contributed by atoms with van der Waals surface area (Å²) in [6, 6.07) is 12.5. The zero-order valence-electron chi connectivity index (χ0n) is 20.7. The Morgan fingerprint density at radius 3 is 2.29 bits per heavy atom. The summed E-state index contributed by atoms with van der Waals surface area (Å²) in [5.74, 6) is 0.171. The molecule has 2 aliphatic rings. The van der Waals surface area contributed by atoms with Crippen LogP contribution in [0, 0.1) is 0 Å². The Labute approximate surface area is 239 Å². The fourth-order valence-electron chi connectivity index (χ4n) is 5.16. The second-order valence-corrected chi connectivity index (χ2v) is 13.3. The molecule has 1 unspecified atom stereocenters. The maximum absolute atomic E-state index is 13.9. The Morgan fingerprint density at radius 1 is 1.11 bits per heavy atom. The molecule has 0 spiro atoms. The van der Waals surface area contributed by atoms with E-state index in [-0.39, 0.29) is 30.0 Å². The van der Waals surface area contributed by atoms with Crippen LogP contribution in [0.5, 0.6) is 0 Å². The number of piperazine rings is 1. The van der Waals surface area contributed by atoms with Gasteiger partial charge in [0.05, 0.1) is 11.7 Å². The van der Waals surface area contributed by atoms with E-state index in [1.54, 1.807) is 32.6 Å². The average Bonchev–Trinajstić information content (AvgIpc) is 3.39. The molecule has 1 amide bonds. The van der Waals surface area contributed by atoms with Crippen molar-refractivity contribution in [3.05, 3.63) is 68.7 Å². The number of nitrogens with zero attached hydrogens (tertiary/aromatic N) is 5. The van der Waals surface area contributed by atoms with Crippen LogP contribution in [0.2, 0.25) is 10.0 Å². The highest BCUT2D eigenvalue weighted by atomic mass is 79.9. The minimum atomic E-state index is -4.01. The number of halogens is 3. The lowest BCUT2D eigenvalue weighted by Crippen LogP contribution is -2.51. The lowest BCUT2D eigenvalue weighted by Gasteiger charge is -2.36. The fourth-order valence-corrected chi connectivity index (χ4v) is 7.55. The molecule has 2 aromatic carbocycles. The number of fused-ring (bicyclic) bond motifs is 1. The highest BCUT2D eigenvalue weighted by Gasteiger charge is 2.52. The van der Waals surface area contributed by atoms with Crippen molar-refractivity contribution >= 4 is 66.7 Å². The molecular formula is C25H26BrCl2N5O4S. The molecule has 13 heteroatoms. The number of carbonyl (C=O) groups is 1. The van der Waals surface area contributed by atoms with Crippen molar-refractivity contribution in [2.75, 3.05) is 31.1 Å². The van der Waals surface area contributed by atoms with Gasteiger partial charge < -0.3 is 10.0 Å². The van der Waals surface area contributed by atoms with E-state index < -0.39 is 21.8 Å². The summed E-state index contributed by atoms with van der Waals surface area (Å²) < 4.78 is 31.8. The molecule has 2 atom stereocenters. The van der Waals surface area contributed by atoms with E-state index in [1.807, 2.05) is 31.2 Å². The first-order valence-electron chi connectivity index (χ1n) is 11.9. The van der Waals surface area contributed by atoms with Gasteiger partial charge in [-0.1, -0.05) is 51.3 Å². The maximum atomic E-state index is 13.9. The number of carbonyl (C=O) groups excluding carboxylic acids is 1. The number of benzene rings is 2. The number of aliphatic hydroxyl groups excluding tert-OH is 1. The summed E-state index contributed by atoms with van der Waals surface area (Å²) in [5.41, 5.74) is 0.261. The predicted octanol–water partition coefficient (Wildman–Crippen LogP) is 4.23. The van der Waals surface area contributed by atoms with Crippen LogP contribution in [-0.4, -0.2) is 70.6 Å². The molecule has 0 saturated carbocycles. The third kappa shape index (κ3) is 4.73. The molecule has 1 saturated heterocycles. The minimum Gasteiger partial charge on any atom is -0.371 e. The van der Waals surface area contributed by atoms with Crippen LogP contribution in [0.1, 0.15) is 19.4 Å². The van der Waals surface area contributed by atoms with Gasteiger partial charge in [-0.05, 0) is 42.8 Å². The van der Waals surface area contributed by atoms with Crippen molar-refractivity contribution < 1.29 is 18.3 Å². The quantitative estimate of drug-likeness (QED) is 0.447. The highest BCUT2D eigenvalue weighted by molar-refractivity contribution is 9.10. The zero-order chi connectivity index (χ0) is 27.4. The second-order valence-electron chi connectivity index (χ2n) is 9.67. The number of anilines is 2. The van der Waals surface area contributed by atoms with Crippen LogP contribution in [0.15, 0.2) is 58.2 Å². The fraction of sp³-hybridized carbons (Fsp3) is 0.360. The highest BCUT2D eigenvalue weighted by Crippen LogP contribution is 2.47. The topological polar surface area (TPSA) is 99.0 Å². The van der Waals surface area contributed by atoms with Crippen molar-refractivity contribution in [3.8, 4) is 0 Å². The number of hydrogen-bond donors (Lipinski definition) is 1. The molecule has 0 radical (unpaired) electrons. The smallest absolute Gasteiger partial charge is 0.260 e. The first-order chi connectivity index (χ1) is 17.9. The maximum Gasteiger partial charge on any atom is 0.260 e. The van der Waals surface area contributed by atoms with Gasteiger partial charge >= 0.3 is 0 Å². The van der Waals surface area contributed by atoms with E-state index >= 15 is 0 Å². The largest absolute Gasteiger partial charge is 0.371 e. The number of rotatable bonds is 5. The van der Waals surface area contributed by atoms with Crippen LogP contribution in [-0.2, 0) is 26.8 Å². The summed E-state index contributed by atoms with van der Waals surface area (Å²) in [6.45, 7) is 4.23. The minimum absolute atomic E-state index is 0.0296. The van der Waals surface area contributed by atoms with Crippen molar-refractivity contribution in [2.24, 2.45) is 0 Å². The normalized spacial score (nSPS) is 22.1. The molecule has 202 valence electrons. The van der Waals surface area contributed by atoms with E-state index in [0.717, 1.165) is 10.0 Å². The third-order valence-electron chi connectivity index (χ3n) is 7.13. The predicted molar refractivity (Wildman–Crippen MR) is 149 cm³/mol. The Bertz CT molecular complexity index is 1470. The summed E-state index contributed by atoms with van der Waals surface area (Å²) in [6.07, 6.45) is 0.455. The lowest BCUT2D eigenvalue weighted by molar-refractivity contribution is -0.129. The van der Waals surface area contributed by atoms with Gasteiger partial charge in [-0.15, -0.1) is 0 Å². The molecule has 3 aromatic rings. The lowest BCUT2D eigenvalue weighted by atomic mass is 9.91. The van der Waals surface area contributed by atoms with Gasteiger partial charge in [0.15, 0.2) is 11.3 Å².